The van der Waals surface area contributed by atoms with Crippen molar-refractivity contribution in [1.82, 2.24) is 5.09 Å². The van der Waals surface area contributed by atoms with E-state index < -0.39 is 37.2 Å². The number of benzene rings is 3. The van der Waals surface area contributed by atoms with E-state index in [-0.39, 0.29) is 16.8 Å². The van der Waals surface area contributed by atoms with Crippen molar-refractivity contribution in [2.75, 3.05) is 0 Å². The molecule has 0 fully saturated rings. The summed E-state index contributed by atoms with van der Waals surface area (Å²) in [5, 5.41) is 2.38. The van der Waals surface area contributed by atoms with Gasteiger partial charge < -0.3 is 13.8 Å². The third kappa shape index (κ3) is 7.09. The van der Waals surface area contributed by atoms with E-state index in [0.717, 1.165) is 11.6 Å². The van der Waals surface area contributed by atoms with Gasteiger partial charge in [0.25, 0.3) is 0 Å². The van der Waals surface area contributed by atoms with Gasteiger partial charge in [0.1, 0.15) is 18.4 Å². The first-order valence-electron chi connectivity index (χ1n) is 9.96. The molecule has 0 aliphatic rings. The number of halogens is 4. The fourth-order valence-electron chi connectivity index (χ4n) is 2.78. The summed E-state index contributed by atoms with van der Waals surface area (Å²) >= 11 is 3.00. The van der Waals surface area contributed by atoms with Crippen LogP contribution in [0.4, 0.5) is 13.2 Å². The molecule has 3 rings (SSSR count). The van der Waals surface area contributed by atoms with Gasteiger partial charge in [-0.15, -0.1) is 0 Å². The van der Waals surface area contributed by atoms with E-state index in [2.05, 4.69) is 21.0 Å². The molecule has 0 saturated heterocycles. The van der Waals surface area contributed by atoms with Crippen LogP contribution < -0.4 is 14.1 Å². The highest BCUT2D eigenvalue weighted by Gasteiger charge is 2.40. The summed E-state index contributed by atoms with van der Waals surface area (Å²) < 4.78 is 70.2. The fourth-order valence-corrected chi connectivity index (χ4v) is 4.91. The Morgan fingerprint density at radius 2 is 1.59 bits per heavy atom. The molecule has 1 unspecified atom stereocenters. The van der Waals surface area contributed by atoms with Crippen molar-refractivity contribution in [3.8, 4) is 11.5 Å². The van der Waals surface area contributed by atoms with E-state index in [9.17, 15) is 22.5 Å². The number of para-hydroxylation sites is 2. The lowest BCUT2D eigenvalue weighted by atomic mass is 10.2. The maximum Gasteiger partial charge on any atom is 0.513 e. The first-order valence-corrected chi connectivity index (χ1v) is 12.3. The molecule has 0 radical (unpaired) electrons. The summed E-state index contributed by atoms with van der Waals surface area (Å²) in [5.41, 5.74) is -0.439. The lowest BCUT2D eigenvalue weighted by molar-refractivity contribution is -0.146. The number of ether oxygens (including phenoxy) is 1. The predicted octanol–water partition coefficient (Wildman–Crippen LogP) is 6.76. The maximum atomic E-state index is 13.6. The SMILES string of the molecule is C[C@H](NP(=O)(Oc1ccccc1)Oc1c(Br)cccc1C(F)(F)F)C(=O)OCc1ccccc1. The van der Waals surface area contributed by atoms with Crippen LogP contribution in [0.2, 0.25) is 0 Å². The molecule has 3 aromatic carbocycles. The molecule has 34 heavy (non-hydrogen) atoms. The molecule has 0 heterocycles. The number of hydrogen-bond donors (Lipinski definition) is 1. The molecule has 6 nitrogen and oxygen atoms in total. The van der Waals surface area contributed by atoms with Gasteiger partial charge >= 0.3 is 19.9 Å². The van der Waals surface area contributed by atoms with Gasteiger partial charge in [0.2, 0.25) is 0 Å². The Bertz CT molecular complexity index is 1160. The molecule has 0 saturated carbocycles. The summed E-state index contributed by atoms with van der Waals surface area (Å²) in [6.45, 7) is 1.29. The van der Waals surface area contributed by atoms with Crippen LogP contribution in [0.25, 0.3) is 0 Å². The Labute approximate surface area is 202 Å². The number of alkyl halides is 3. The molecule has 0 spiro atoms. The minimum atomic E-state index is -4.79. The Morgan fingerprint density at radius 1 is 0.971 bits per heavy atom. The van der Waals surface area contributed by atoms with Gasteiger partial charge in [0.05, 0.1) is 10.0 Å². The highest BCUT2D eigenvalue weighted by Crippen LogP contribution is 2.50. The fraction of sp³-hybridized carbons (Fsp3) is 0.174. The number of nitrogens with one attached hydrogen (secondary N) is 1. The monoisotopic (exact) mass is 557 g/mol. The van der Waals surface area contributed by atoms with E-state index in [4.69, 9.17) is 13.8 Å². The van der Waals surface area contributed by atoms with Crippen molar-refractivity contribution in [3.63, 3.8) is 0 Å². The van der Waals surface area contributed by atoms with Crippen LogP contribution in [0, 0.1) is 0 Å². The van der Waals surface area contributed by atoms with Gasteiger partial charge in [-0.3, -0.25) is 4.79 Å². The Kier molecular flexibility index (Phi) is 8.41. The quantitative estimate of drug-likeness (QED) is 0.231. The van der Waals surface area contributed by atoms with Gasteiger partial charge in [-0.05, 0) is 52.7 Å². The standard InChI is InChI=1S/C23H20BrF3NO5P/c1-16(22(29)31-15-17-9-4-2-5-10-17)28-34(30,32-18-11-6-3-7-12-18)33-21-19(23(25,26)27)13-8-14-20(21)24/h2-14,16H,15H2,1H3,(H,28,30)/t16-,34?/m0/s1. The van der Waals surface area contributed by atoms with Crippen LogP contribution in [0.1, 0.15) is 18.1 Å². The molecule has 2 atom stereocenters. The zero-order chi connectivity index (χ0) is 24.8. The average molecular weight is 558 g/mol. The van der Waals surface area contributed by atoms with E-state index >= 15 is 0 Å². The van der Waals surface area contributed by atoms with Gasteiger partial charge in [-0.2, -0.15) is 18.3 Å². The molecule has 0 aliphatic carbocycles. The number of esters is 1. The molecular formula is C23H20BrF3NO5P. The molecule has 3 aromatic rings. The second-order valence-corrected chi connectivity index (χ2v) is 9.52. The van der Waals surface area contributed by atoms with Gasteiger partial charge in [-0.1, -0.05) is 54.6 Å². The Morgan fingerprint density at radius 3 is 2.21 bits per heavy atom. The highest BCUT2D eigenvalue weighted by molar-refractivity contribution is 9.10. The largest absolute Gasteiger partial charge is 0.513 e. The third-order valence-electron chi connectivity index (χ3n) is 4.38. The van der Waals surface area contributed by atoms with E-state index in [1.165, 1.54) is 31.2 Å². The molecular weight excluding hydrogens is 538 g/mol. The molecule has 0 aromatic heterocycles. The molecule has 180 valence electrons. The summed E-state index contributed by atoms with van der Waals surface area (Å²) in [6, 6.07) is 18.6. The summed E-state index contributed by atoms with van der Waals surface area (Å²) in [6.07, 6.45) is -4.79. The van der Waals surface area contributed by atoms with Gasteiger partial charge in [0, 0.05) is 0 Å². The van der Waals surface area contributed by atoms with Crippen molar-refractivity contribution in [2.45, 2.75) is 25.7 Å². The maximum absolute atomic E-state index is 13.6. The van der Waals surface area contributed by atoms with E-state index in [0.29, 0.717) is 0 Å². The minimum Gasteiger partial charge on any atom is -0.460 e. The van der Waals surface area contributed by atoms with Crippen LogP contribution >= 0.6 is 23.7 Å². The zero-order valence-electron chi connectivity index (χ0n) is 17.8. The van der Waals surface area contributed by atoms with Crippen molar-refractivity contribution >= 4 is 29.6 Å². The predicted molar refractivity (Wildman–Crippen MR) is 123 cm³/mol. The van der Waals surface area contributed by atoms with Gasteiger partial charge in [-0.25, -0.2) is 4.57 Å². The van der Waals surface area contributed by atoms with Crippen LogP contribution in [0.5, 0.6) is 11.5 Å². The first kappa shape index (κ1) is 25.8. The molecule has 0 amide bonds. The smallest absolute Gasteiger partial charge is 0.460 e. The van der Waals surface area contributed by atoms with Crippen molar-refractivity contribution in [3.05, 3.63) is 94.5 Å². The summed E-state index contributed by atoms with van der Waals surface area (Å²) in [5.74, 6) is -1.48. The number of carbonyl (C=O) groups is 1. The minimum absolute atomic E-state index is 0.0428. The van der Waals surface area contributed by atoms with Gasteiger partial charge in [0.15, 0.2) is 5.75 Å². The van der Waals surface area contributed by atoms with Crippen LogP contribution in [0.3, 0.4) is 0 Å². The third-order valence-corrected chi connectivity index (χ3v) is 6.58. The lowest BCUT2D eigenvalue weighted by Gasteiger charge is -2.25. The summed E-state index contributed by atoms with van der Waals surface area (Å²) in [4.78, 5) is 12.5. The normalized spacial score (nSPS) is 14.0. The first-order chi connectivity index (χ1) is 16.1. The van der Waals surface area contributed by atoms with Crippen molar-refractivity contribution in [1.29, 1.82) is 0 Å². The zero-order valence-corrected chi connectivity index (χ0v) is 20.3. The second-order valence-electron chi connectivity index (χ2n) is 7.05. The second kappa shape index (κ2) is 11.1. The molecule has 1 N–H and O–H groups in total. The molecule has 0 bridgehead atoms. The topological polar surface area (TPSA) is 73.9 Å². The lowest BCUT2D eigenvalue weighted by Crippen LogP contribution is -2.36. The van der Waals surface area contributed by atoms with Crippen LogP contribution in [-0.4, -0.2) is 12.0 Å². The number of hydrogen-bond acceptors (Lipinski definition) is 5. The Balaban J connectivity index is 1.85. The van der Waals surface area contributed by atoms with Crippen molar-refractivity contribution in [2.24, 2.45) is 0 Å². The Hall–Kier alpha value is -2.81. The van der Waals surface area contributed by atoms with E-state index in [1.54, 1.807) is 48.5 Å². The summed E-state index contributed by atoms with van der Waals surface area (Å²) in [7, 11) is -4.57. The van der Waals surface area contributed by atoms with E-state index in [1.807, 2.05) is 0 Å². The van der Waals surface area contributed by atoms with Crippen molar-refractivity contribution < 1.29 is 36.3 Å². The average Bonchev–Trinajstić information content (AvgIpc) is 2.79. The van der Waals surface area contributed by atoms with Crippen LogP contribution in [-0.2, 0) is 26.9 Å². The number of rotatable bonds is 9. The molecule has 0 aliphatic heterocycles. The molecule has 11 heteroatoms. The highest BCUT2D eigenvalue weighted by atomic mass is 79.9. The van der Waals surface area contributed by atoms with Crippen LogP contribution in [0.15, 0.2) is 83.3 Å². The number of carbonyl (C=O) groups excluding carboxylic acids is 1.